The first kappa shape index (κ1) is 77.8. The number of Topliss-reactive ketones (excluding diaryl/α,β-unsaturated/α-hetero) is 1. The van der Waals surface area contributed by atoms with E-state index < -0.39 is 231 Å². The minimum Gasteiger partial charge on any atom is -0.458 e. The van der Waals surface area contributed by atoms with Gasteiger partial charge in [0, 0.05) is 59.7 Å². The normalized spacial score (nSPS) is 49.8. The number of hydrogen-bond acceptors (Lipinski definition) is 30. The van der Waals surface area contributed by atoms with Crippen molar-refractivity contribution in [3.8, 4) is 0 Å². The molecule has 9 fully saturated rings. The summed E-state index contributed by atoms with van der Waals surface area (Å²) in [6.45, 7) is 10.7. The highest BCUT2D eigenvalue weighted by atomic mass is 16.8. The van der Waals surface area contributed by atoms with Gasteiger partial charge in [0.25, 0.3) is 0 Å². The summed E-state index contributed by atoms with van der Waals surface area (Å²) in [6, 6.07) is 9.22. The van der Waals surface area contributed by atoms with E-state index in [4.69, 9.17) is 80.5 Å². The van der Waals surface area contributed by atoms with Crippen LogP contribution in [0, 0.1) is 16.7 Å². The maximum absolute atomic E-state index is 13.7. The molecule has 0 spiro atoms. The highest BCUT2D eigenvalue weighted by Crippen LogP contribution is 2.71. The van der Waals surface area contributed by atoms with Gasteiger partial charge in [0.05, 0.1) is 67.5 Å². The highest BCUT2D eigenvalue weighted by Gasteiger charge is 2.81. The molecule has 0 unspecified atom stereocenters. The molecule has 566 valence electrons. The lowest BCUT2D eigenvalue weighted by Gasteiger charge is -2.67. The first-order valence-electron chi connectivity index (χ1n) is 35.0. The lowest BCUT2D eigenvalue weighted by atomic mass is 9.42. The Labute approximate surface area is 581 Å². The molecule has 6 aliphatic heterocycles. The fraction of sp³-hybridized carbons (Fsp3) is 0.829. The van der Waals surface area contributed by atoms with Gasteiger partial charge in [0.1, 0.15) is 108 Å². The van der Waals surface area contributed by atoms with Crippen molar-refractivity contribution < 1.29 is 146 Å². The summed E-state index contributed by atoms with van der Waals surface area (Å²) in [7, 11) is 5.98. The number of benzene rings is 1. The zero-order valence-electron chi connectivity index (χ0n) is 58.6. The number of aliphatic hydroxyl groups is 11. The van der Waals surface area contributed by atoms with Crippen molar-refractivity contribution >= 4 is 17.8 Å². The van der Waals surface area contributed by atoms with Crippen LogP contribution in [-0.4, -0.2) is 305 Å². The average molecular weight is 1430 g/mol. The largest absolute Gasteiger partial charge is 0.458 e. The second-order valence-corrected chi connectivity index (χ2v) is 29.4. The van der Waals surface area contributed by atoms with E-state index in [1.165, 1.54) is 34.3 Å². The molecule has 3 saturated carbocycles. The number of ketones is 1. The van der Waals surface area contributed by atoms with Gasteiger partial charge in [0.15, 0.2) is 43.5 Å². The molecule has 6 saturated heterocycles. The highest BCUT2D eigenvalue weighted by molar-refractivity contribution is 5.89. The summed E-state index contributed by atoms with van der Waals surface area (Å²) in [6.07, 6.45) is -24.9. The fourth-order valence-electron chi connectivity index (χ4n) is 17.9. The molecular weight excluding hydrogens is 1320 g/mol. The maximum Gasteiger partial charge on any atom is 0.331 e. The molecule has 35 atom stereocenters. The van der Waals surface area contributed by atoms with E-state index in [2.05, 4.69) is 6.92 Å². The predicted octanol–water partition coefficient (Wildman–Crippen LogP) is -0.145. The molecule has 100 heavy (non-hydrogen) atoms. The van der Waals surface area contributed by atoms with Gasteiger partial charge < -0.3 is 137 Å². The molecule has 0 radical (unpaired) electrons. The van der Waals surface area contributed by atoms with Gasteiger partial charge in [-0.3, -0.25) is 4.79 Å². The Morgan fingerprint density at radius 2 is 1.09 bits per heavy atom. The number of carbonyl (C=O) groups excluding carboxylic acids is 2. The summed E-state index contributed by atoms with van der Waals surface area (Å²) in [5, 5.41) is 123. The summed E-state index contributed by atoms with van der Waals surface area (Å²) >= 11 is 0. The van der Waals surface area contributed by atoms with Crippen LogP contribution in [0.25, 0.3) is 6.08 Å². The molecule has 11 rings (SSSR count). The van der Waals surface area contributed by atoms with Gasteiger partial charge in [-0.15, -0.1) is 0 Å². The number of hydrogen-bond donors (Lipinski definition) is 11. The van der Waals surface area contributed by atoms with Crippen molar-refractivity contribution in [2.24, 2.45) is 16.7 Å². The molecule has 0 amide bonds. The third-order valence-electron chi connectivity index (χ3n) is 23.9. The van der Waals surface area contributed by atoms with E-state index in [1.807, 2.05) is 43.3 Å². The summed E-state index contributed by atoms with van der Waals surface area (Å²) in [4.78, 5) is 27.1. The van der Waals surface area contributed by atoms with Crippen molar-refractivity contribution in [2.45, 2.75) is 308 Å². The van der Waals surface area contributed by atoms with E-state index in [0.29, 0.717) is 25.7 Å². The van der Waals surface area contributed by atoms with E-state index >= 15 is 0 Å². The standard InChI is InChI=1S/C70H106O30/c1-32-58(40(84-8)26-48(89-32)93-39-20-21-66(6)38(25-39)19-22-69(82)45(66)29-46(96-47(73)18-17-37-15-13-12-14-16-37)67(7)68(81,36(5)72)23-24-70(67,69)83)97-49-27-41(85-9)60(34(3)90-49)100-65-57(80)62(87-11)61(35(4)92-65)98-50-28-42(86-10)59(33(2)91-50)99-64-56(79)54(77)52(75)44(95-64)31-88-63-55(78)53(76)51(74)43(30-71)94-63/h12-19,32-35,39-46,48-65,71,74-83H,20-31H2,1-11H3/t32-,33-,34-,35-,39+,40+,41+,42-,43-,44-,45-,46-,48+,49+,50+,51-,52-,53+,54+,55-,56-,57-,58-,59-,60-,61+,62-,63-,64+,65+,66+,67-,68-,69+,70-/m1/s1. The molecule has 10 aliphatic rings. The van der Waals surface area contributed by atoms with Crippen molar-refractivity contribution in [3.63, 3.8) is 0 Å². The molecule has 0 aromatic heterocycles. The Kier molecular flexibility index (Phi) is 24.4. The third kappa shape index (κ3) is 14.4. The number of carbonyl (C=O) groups is 2. The lowest BCUT2D eigenvalue weighted by Crippen LogP contribution is -2.78. The molecular formula is C70H106O30. The average Bonchev–Trinajstić information content (AvgIpc) is 1.39. The Bertz CT molecular complexity index is 2970. The summed E-state index contributed by atoms with van der Waals surface area (Å²) in [5.74, 6) is -1.90. The van der Waals surface area contributed by atoms with Gasteiger partial charge in [-0.2, -0.15) is 0 Å². The Morgan fingerprint density at radius 1 is 0.570 bits per heavy atom. The smallest absolute Gasteiger partial charge is 0.331 e. The van der Waals surface area contributed by atoms with E-state index in [-0.39, 0.29) is 44.6 Å². The van der Waals surface area contributed by atoms with Crippen LogP contribution in [0.5, 0.6) is 0 Å². The van der Waals surface area contributed by atoms with Crippen molar-refractivity contribution in [3.05, 3.63) is 53.6 Å². The number of methoxy groups -OCH3 is 4. The molecule has 30 heteroatoms. The molecule has 4 aliphatic carbocycles. The van der Waals surface area contributed by atoms with Crippen LogP contribution < -0.4 is 0 Å². The van der Waals surface area contributed by atoms with Gasteiger partial charge in [-0.1, -0.05) is 48.9 Å². The molecule has 1 aromatic rings. The topological polar surface area (TPSA) is 414 Å². The molecule has 30 nitrogen and oxygen atoms in total. The first-order valence-corrected chi connectivity index (χ1v) is 35.0. The fourth-order valence-corrected chi connectivity index (χ4v) is 17.9. The van der Waals surface area contributed by atoms with Crippen LogP contribution in [0.3, 0.4) is 0 Å². The molecule has 6 heterocycles. The molecule has 0 bridgehead atoms. The second kappa shape index (κ2) is 31.3. The van der Waals surface area contributed by atoms with Gasteiger partial charge in [-0.05, 0) is 104 Å². The minimum absolute atomic E-state index is 0.0421. The van der Waals surface area contributed by atoms with Crippen LogP contribution in [-0.2, 0) is 90.1 Å². The van der Waals surface area contributed by atoms with Crippen molar-refractivity contribution in [1.29, 1.82) is 0 Å². The number of fused-ring (bicyclic) bond motifs is 5. The van der Waals surface area contributed by atoms with Gasteiger partial charge in [0.2, 0.25) is 0 Å². The lowest BCUT2D eigenvalue weighted by molar-refractivity contribution is -0.373. The van der Waals surface area contributed by atoms with Crippen LogP contribution >= 0.6 is 0 Å². The van der Waals surface area contributed by atoms with E-state index in [1.54, 1.807) is 40.9 Å². The van der Waals surface area contributed by atoms with Crippen LogP contribution in [0.4, 0.5) is 0 Å². The van der Waals surface area contributed by atoms with Crippen molar-refractivity contribution in [1.82, 2.24) is 0 Å². The number of rotatable bonds is 22. The van der Waals surface area contributed by atoms with E-state index in [9.17, 15) is 65.8 Å². The molecule has 1 aromatic carbocycles. The Hall–Kier alpha value is -3.24. The Balaban J connectivity index is 0.666. The quantitative estimate of drug-likeness (QED) is 0.0409. The monoisotopic (exact) mass is 1430 g/mol. The number of esters is 1. The molecule has 11 N–H and O–H groups in total. The van der Waals surface area contributed by atoms with Crippen LogP contribution in [0.1, 0.15) is 118 Å². The maximum atomic E-state index is 13.7. The van der Waals surface area contributed by atoms with Crippen LogP contribution in [0.15, 0.2) is 48.1 Å². The second-order valence-electron chi connectivity index (χ2n) is 29.4. The zero-order chi connectivity index (χ0) is 72.3. The Morgan fingerprint density at radius 3 is 1.65 bits per heavy atom. The van der Waals surface area contributed by atoms with E-state index in [0.717, 1.165) is 11.1 Å². The SMILES string of the molecule is CO[C@@H]1[C@@H](O)[C@H](O[C@H]2[C@@H](OC)C[C@H](O[C@H]3[C@@H](OC)C[C@H](O[C@H]4CC[C@@]5(C)C(=CC[C@]6(O)[C@@H]5C[C@@H](OC(=O)C=Cc5ccccc5)[C@@]5(C)[C@]6(O)CC[C@@]5(O)C(C)=O)C4)O[C@@H]3C)O[C@@H]2C)O[C@H](C)[C@@H]1O[C@H]1C[C@@H](OC)[C@H](O[C@@H]2O[C@H](CO[C@@H]3O[C@H](CO)[C@@H](O)[C@H](O)[C@H]3O)[C@@H](O)[C@H](O)[C@H]2O)[C@@H](C)O1. The first-order chi connectivity index (χ1) is 47.4. The minimum atomic E-state index is -2.08. The predicted molar refractivity (Wildman–Crippen MR) is 342 cm³/mol. The summed E-state index contributed by atoms with van der Waals surface area (Å²) < 4.78 is 105. The van der Waals surface area contributed by atoms with Crippen LogP contribution in [0.2, 0.25) is 0 Å². The number of aliphatic hydroxyl groups excluding tert-OH is 8. The van der Waals surface area contributed by atoms with Gasteiger partial charge >= 0.3 is 5.97 Å². The third-order valence-corrected chi connectivity index (χ3v) is 23.9. The zero-order valence-corrected chi connectivity index (χ0v) is 58.6. The van der Waals surface area contributed by atoms with Gasteiger partial charge in [-0.25, -0.2) is 4.79 Å². The van der Waals surface area contributed by atoms with Crippen molar-refractivity contribution in [2.75, 3.05) is 41.7 Å². The summed E-state index contributed by atoms with van der Waals surface area (Å²) in [5.41, 5.74) is -6.53. The number of ether oxygens (including phenoxy) is 17.